The number of nitrogens with one attached hydrogen (secondary N) is 1. The maximum atomic E-state index is 12.8. The molecule has 1 aromatic carbocycles. The fourth-order valence-corrected chi connectivity index (χ4v) is 3.83. The molecule has 10 heteroatoms. The van der Waals surface area contributed by atoms with Gasteiger partial charge in [-0.05, 0) is 54.7 Å². The second-order valence-corrected chi connectivity index (χ2v) is 7.86. The smallest absolute Gasteiger partial charge is 0.396 e. The quantitative estimate of drug-likeness (QED) is 0.589. The molecule has 2 amide bonds. The Morgan fingerprint density at radius 3 is 2.58 bits per heavy atom. The molecule has 166 valence electrons. The molecular formula is C21H20Cl2F3N3O2. The highest BCUT2D eigenvalue weighted by atomic mass is 35.5. The van der Waals surface area contributed by atoms with Crippen molar-refractivity contribution in [3.8, 4) is 0 Å². The zero-order valence-corrected chi connectivity index (χ0v) is 17.9. The molecule has 0 spiro atoms. The largest absolute Gasteiger partial charge is 0.417 e. The first-order valence-corrected chi connectivity index (χ1v) is 10.3. The molecular weight excluding hydrogens is 454 g/mol. The van der Waals surface area contributed by atoms with Crippen LogP contribution in [0.4, 0.5) is 23.7 Å². The molecule has 2 N–H and O–H groups in total. The van der Waals surface area contributed by atoms with E-state index in [1.165, 1.54) is 11.0 Å². The van der Waals surface area contributed by atoms with E-state index in [1.807, 2.05) is 12.1 Å². The number of aliphatic hydroxyl groups is 1. The van der Waals surface area contributed by atoms with Crippen LogP contribution in [-0.2, 0) is 12.6 Å². The maximum absolute atomic E-state index is 12.8. The second kappa shape index (κ2) is 9.89. The van der Waals surface area contributed by atoms with Gasteiger partial charge in [0.05, 0.1) is 21.3 Å². The number of halogens is 5. The lowest BCUT2D eigenvalue weighted by Crippen LogP contribution is -2.38. The standard InChI is InChI=1S/C21H20Cl2F3N3O2/c22-17-11-15(3-4-16(17)21(24,25)26)28-20(31)29-7-5-14(6-8-29)19-18(23)10-13(12-27-19)2-1-9-30/h3-5,10-12,30H,1-2,6-9H2,(H,28,31). The van der Waals surface area contributed by atoms with Gasteiger partial charge in [-0.25, -0.2) is 4.79 Å². The Labute approximate surface area is 187 Å². The van der Waals surface area contributed by atoms with E-state index in [2.05, 4.69) is 10.3 Å². The van der Waals surface area contributed by atoms with Crippen molar-refractivity contribution in [3.05, 3.63) is 63.4 Å². The van der Waals surface area contributed by atoms with Crippen molar-refractivity contribution < 1.29 is 23.1 Å². The van der Waals surface area contributed by atoms with Crippen molar-refractivity contribution in [1.82, 2.24) is 9.88 Å². The molecule has 0 radical (unpaired) electrons. The molecule has 0 saturated heterocycles. The van der Waals surface area contributed by atoms with Gasteiger partial charge in [0.25, 0.3) is 0 Å². The van der Waals surface area contributed by atoms with Crippen molar-refractivity contribution >= 4 is 40.5 Å². The van der Waals surface area contributed by atoms with Crippen LogP contribution in [-0.4, -0.2) is 40.7 Å². The van der Waals surface area contributed by atoms with Crippen LogP contribution in [0.3, 0.4) is 0 Å². The third kappa shape index (κ3) is 5.90. The summed E-state index contributed by atoms with van der Waals surface area (Å²) in [4.78, 5) is 18.4. The fourth-order valence-electron chi connectivity index (χ4n) is 3.23. The van der Waals surface area contributed by atoms with Crippen LogP contribution in [0.25, 0.3) is 5.57 Å². The summed E-state index contributed by atoms with van der Waals surface area (Å²) in [6.45, 7) is 0.803. The average molecular weight is 474 g/mol. The Hall–Kier alpha value is -2.29. The van der Waals surface area contributed by atoms with E-state index in [4.69, 9.17) is 28.3 Å². The molecule has 2 heterocycles. The van der Waals surface area contributed by atoms with Gasteiger partial charge < -0.3 is 15.3 Å². The number of carbonyl (C=O) groups is 1. The number of rotatable bonds is 5. The highest BCUT2D eigenvalue weighted by molar-refractivity contribution is 6.32. The number of aromatic nitrogens is 1. The molecule has 0 aliphatic carbocycles. The summed E-state index contributed by atoms with van der Waals surface area (Å²) in [7, 11) is 0. The van der Waals surface area contributed by atoms with Gasteiger partial charge in [-0.1, -0.05) is 29.3 Å². The monoisotopic (exact) mass is 473 g/mol. The zero-order chi connectivity index (χ0) is 22.6. The Morgan fingerprint density at radius 1 is 1.23 bits per heavy atom. The lowest BCUT2D eigenvalue weighted by Gasteiger charge is -2.27. The number of hydrogen-bond donors (Lipinski definition) is 2. The fraction of sp³-hybridized carbons (Fsp3) is 0.333. The van der Waals surface area contributed by atoms with Gasteiger partial charge in [-0.3, -0.25) is 4.98 Å². The second-order valence-electron chi connectivity index (χ2n) is 7.05. The number of aliphatic hydroxyl groups excluding tert-OH is 1. The van der Waals surface area contributed by atoms with E-state index in [0.717, 1.165) is 23.3 Å². The third-order valence-corrected chi connectivity index (χ3v) is 5.45. The summed E-state index contributed by atoms with van der Waals surface area (Å²) in [5.41, 5.74) is 1.74. The predicted octanol–water partition coefficient (Wildman–Crippen LogP) is 5.65. The molecule has 0 fully saturated rings. The number of carbonyl (C=O) groups excluding carboxylic acids is 1. The molecule has 0 saturated carbocycles. The molecule has 5 nitrogen and oxygen atoms in total. The number of hydrogen-bond acceptors (Lipinski definition) is 3. The van der Waals surface area contributed by atoms with E-state index < -0.39 is 22.8 Å². The Bertz CT molecular complexity index is 996. The van der Waals surface area contributed by atoms with E-state index >= 15 is 0 Å². The number of nitrogens with zero attached hydrogens (tertiary/aromatic N) is 2. The molecule has 1 aliphatic heterocycles. The van der Waals surface area contributed by atoms with Crippen LogP contribution in [0.15, 0.2) is 36.5 Å². The summed E-state index contributed by atoms with van der Waals surface area (Å²) in [5, 5.41) is 11.5. The summed E-state index contributed by atoms with van der Waals surface area (Å²) in [6, 6.07) is 4.47. The van der Waals surface area contributed by atoms with Crippen LogP contribution < -0.4 is 5.32 Å². The SMILES string of the molecule is O=C(Nc1ccc(C(F)(F)F)c(Cl)c1)N1CC=C(c2ncc(CCCO)cc2Cl)CC1. The van der Waals surface area contributed by atoms with Gasteiger partial charge in [0, 0.05) is 31.6 Å². The summed E-state index contributed by atoms with van der Waals surface area (Å²) >= 11 is 12.1. The number of urea groups is 1. The first-order valence-electron chi connectivity index (χ1n) is 9.56. The summed E-state index contributed by atoms with van der Waals surface area (Å²) in [5.74, 6) is 0. The molecule has 0 atom stereocenters. The number of anilines is 1. The molecule has 1 aliphatic rings. The van der Waals surface area contributed by atoms with E-state index in [-0.39, 0.29) is 12.3 Å². The number of amides is 2. The van der Waals surface area contributed by atoms with Crippen molar-refractivity contribution in [2.24, 2.45) is 0 Å². The number of aryl methyl sites for hydroxylation is 1. The topological polar surface area (TPSA) is 65.5 Å². The van der Waals surface area contributed by atoms with E-state index in [1.54, 1.807) is 6.20 Å². The van der Waals surface area contributed by atoms with Gasteiger partial charge >= 0.3 is 12.2 Å². The van der Waals surface area contributed by atoms with E-state index in [0.29, 0.717) is 43.1 Å². The molecule has 3 rings (SSSR count). The van der Waals surface area contributed by atoms with Crippen molar-refractivity contribution in [1.29, 1.82) is 0 Å². The minimum atomic E-state index is -4.56. The first kappa shape index (κ1) is 23.4. The number of pyridine rings is 1. The normalized spacial score (nSPS) is 14.4. The minimum absolute atomic E-state index is 0.0983. The molecule has 1 aromatic heterocycles. The van der Waals surface area contributed by atoms with Crippen LogP contribution >= 0.6 is 23.2 Å². The third-order valence-electron chi connectivity index (χ3n) is 4.85. The predicted molar refractivity (Wildman–Crippen MR) is 114 cm³/mol. The van der Waals surface area contributed by atoms with Gasteiger partial charge in [-0.15, -0.1) is 0 Å². The highest BCUT2D eigenvalue weighted by Gasteiger charge is 2.33. The lowest BCUT2D eigenvalue weighted by atomic mass is 10.0. The average Bonchev–Trinajstić information content (AvgIpc) is 2.71. The minimum Gasteiger partial charge on any atom is -0.396 e. The van der Waals surface area contributed by atoms with Crippen molar-refractivity contribution in [2.75, 3.05) is 25.0 Å². The number of benzene rings is 1. The Kier molecular flexibility index (Phi) is 7.46. The summed E-state index contributed by atoms with van der Waals surface area (Å²) < 4.78 is 38.4. The van der Waals surface area contributed by atoms with Crippen LogP contribution in [0.1, 0.15) is 29.7 Å². The first-order chi connectivity index (χ1) is 14.7. The zero-order valence-electron chi connectivity index (χ0n) is 16.3. The lowest BCUT2D eigenvalue weighted by molar-refractivity contribution is -0.137. The van der Waals surface area contributed by atoms with E-state index in [9.17, 15) is 18.0 Å². The van der Waals surface area contributed by atoms with Crippen LogP contribution in [0.2, 0.25) is 10.0 Å². The summed E-state index contributed by atoms with van der Waals surface area (Å²) in [6.07, 6.45) is 0.873. The molecule has 0 unspecified atom stereocenters. The molecule has 0 bridgehead atoms. The van der Waals surface area contributed by atoms with Gasteiger partial charge in [-0.2, -0.15) is 13.2 Å². The molecule has 2 aromatic rings. The van der Waals surface area contributed by atoms with Crippen LogP contribution in [0.5, 0.6) is 0 Å². The van der Waals surface area contributed by atoms with Gasteiger partial charge in [0.15, 0.2) is 0 Å². The highest BCUT2D eigenvalue weighted by Crippen LogP contribution is 2.36. The van der Waals surface area contributed by atoms with Crippen molar-refractivity contribution in [2.45, 2.75) is 25.4 Å². The number of alkyl halides is 3. The van der Waals surface area contributed by atoms with Gasteiger partial charge in [0.1, 0.15) is 0 Å². The Morgan fingerprint density at radius 2 is 2.00 bits per heavy atom. The maximum Gasteiger partial charge on any atom is 0.417 e. The van der Waals surface area contributed by atoms with Crippen LogP contribution in [0, 0.1) is 0 Å². The van der Waals surface area contributed by atoms with Crippen molar-refractivity contribution in [3.63, 3.8) is 0 Å². The van der Waals surface area contributed by atoms with Gasteiger partial charge in [0.2, 0.25) is 0 Å². The Balaban J connectivity index is 1.63. The molecule has 31 heavy (non-hydrogen) atoms.